The number of aromatic nitrogens is 1. The van der Waals surface area contributed by atoms with Crippen LogP contribution < -0.4 is 10.6 Å². The molecule has 0 bridgehead atoms. The van der Waals surface area contributed by atoms with Crippen molar-refractivity contribution < 1.29 is 0 Å². The molecule has 90 valence electrons. The van der Waals surface area contributed by atoms with Crippen LogP contribution >= 0.6 is 15.9 Å². The Morgan fingerprint density at radius 3 is 2.69 bits per heavy atom. The van der Waals surface area contributed by atoms with Gasteiger partial charge in [0.1, 0.15) is 5.82 Å². The maximum Gasteiger partial charge on any atom is 0.143 e. The maximum absolute atomic E-state index is 5.82. The lowest BCUT2D eigenvalue weighted by Crippen LogP contribution is -2.25. The summed E-state index contributed by atoms with van der Waals surface area (Å²) >= 11 is 3.58. The highest BCUT2D eigenvalue weighted by Crippen LogP contribution is 2.30. The lowest BCUT2D eigenvalue weighted by Gasteiger charge is -2.23. The molecule has 16 heavy (non-hydrogen) atoms. The van der Waals surface area contributed by atoms with Crippen molar-refractivity contribution in [3.63, 3.8) is 0 Å². The molecule has 0 amide bonds. The summed E-state index contributed by atoms with van der Waals surface area (Å²) in [6.07, 6.45) is 4.12. The zero-order valence-corrected chi connectivity index (χ0v) is 11.8. The first-order chi connectivity index (χ1) is 7.61. The number of anilines is 2. The van der Waals surface area contributed by atoms with Gasteiger partial charge in [-0.2, -0.15) is 0 Å². The van der Waals surface area contributed by atoms with E-state index in [4.69, 9.17) is 5.73 Å². The van der Waals surface area contributed by atoms with Crippen LogP contribution in [0.25, 0.3) is 0 Å². The van der Waals surface area contributed by atoms with Gasteiger partial charge in [0.2, 0.25) is 0 Å². The van der Waals surface area contributed by atoms with Crippen molar-refractivity contribution in [3.05, 3.63) is 16.2 Å². The van der Waals surface area contributed by atoms with Crippen LogP contribution in [0.2, 0.25) is 0 Å². The van der Waals surface area contributed by atoms with Gasteiger partial charge in [-0.25, -0.2) is 4.98 Å². The molecule has 1 aromatic heterocycles. The van der Waals surface area contributed by atoms with Gasteiger partial charge in [0.05, 0.1) is 16.4 Å². The van der Waals surface area contributed by atoms with Gasteiger partial charge in [0.15, 0.2) is 0 Å². The monoisotopic (exact) mass is 285 g/mol. The van der Waals surface area contributed by atoms with Gasteiger partial charge >= 0.3 is 0 Å². The Hall–Kier alpha value is -0.770. The van der Waals surface area contributed by atoms with E-state index in [2.05, 4.69) is 39.7 Å². The summed E-state index contributed by atoms with van der Waals surface area (Å²) in [6.45, 7) is 8.37. The van der Waals surface area contributed by atoms with Gasteiger partial charge < -0.3 is 10.6 Å². The topological polar surface area (TPSA) is 42.2 Å². The summed E-state index contributed by atoms with van der Waals surface area (Å²) in [5, 5.41) is 0. The molecule has 0 fully saturated rings. The molecule has 4 heteroatoms. The highest BCUT2D eigenvalue weighted by atomic mass is 79.9. The van der Waals surface area contributed by atoms with Crippen LogP contribution in [0.1, 0.15) is 32.3 Å². The molecule has 1 rings (SSSR count). The zero-order chi connectivity index (χ0) is 12.1. The Morgan fingerprint density at radius 2 is 2.12 bits per heavy atom. The third-order valence-electron chi connectivity index (χ3n) is 2.75. The molecule has 0 unspecified atom stereocenters. The molecule has 1 heterocycles. The number of rotatable bonds is 5. The predicted octanol–water partition coefficient (Wildman–Crippen LogP) is 3.36. The number of halogens is 1. The van der Waals surface area contributed by atoms with E-state index >= 15 is 0 Å². The Bertz CT molecular complexity index is 352. The van der Waals surface area contributed by atoms with Gasteiger partial charge in [-0.1, -0.05) is 13.3 Å². The van der Waals surface area contributed by atoms with Crippen molar-refractivity contribution in [1.82, 2.24) is 4.98 Å². The minimum atomic E-state index is 0.738. The molecule has 0 aliphatic heterocycles. The van der Waals surface area contributed by atoms with Gasteiger partial charge in [0.25, 0.3) is 0 Å². The number of unbranched alkanes of at least 4 members (excludes halogenated alkanes) is 1. The summed E-state index contributed by atoms with van der Waals surface area (Å²) < 4.78 is 1.02. The van der Waals surface area contributed by atoms with Crippen LogP contribution in [-0.4, -0.2) is 18.1 Å². The van der Waals surface area contributed by atoms with E-state index in [0.717, 1.165) is 34.6 Å². The fourth-order valence-corrected chi connectivity index (χ4v) is 2.14. The maximum atomic E-state index is 5.82. The third-order valence-corrected chi connectivity index (χ3v) is 3.70. The average molecular weight is 286 g/mol. The molecule has 0 saturated carbocycles. The van der Waals surface area contributed by atoms with Crippen LogP contribution in [0.4, 0.5) is 11.5 Å². The second-order valence-corrected chi connectivity index (χ2v) is 4.70. The molecule has 0 saturated heterocycles. The molecule has 0 aromatic carbocycles. The van der Waals surface area contributed by atoms with Gasteiger partial charge in [-0.3, -0.25) is 0 Å². The van der Waals surface area contributed by atoms with Crippen LogP contribution in [0, 0.1) is 6.92 Å². The van der Waals surface area contributed by atoms with Crippen LogP contribution in [0.3, 0.4) is 0 Å². The van der Waals surface area contributed by atoms with Crippen molar-refractivity contribution >= 4 is 27.4 Å². The highest BCUT2D eigenvalue weighted by Gasteiger charge is 2.12. The van der Waals surface area contributed by atoms with E-state index < -0.39 is 0 Å². The Morgan fingerprint density at radius 1 is 1.44 bits per heavy atom. The fraction of sp³-hybridized carbons (Fsp3) is 0.583. The Balaban J connectivity index is 2.96. The number of nitrogens with two attached hydrogens (primary N) is 1. The first kappa shape index (κ1) is 13.3. The average Bonchev–Trinajstić information content (AvgIpc) is 2.29. The molecule has 2 N–H and O–H groups in total. The summed E-state index contributed by atoms with van der Waals surface area (Å²) in [5.74, 6) is 1.00. The van der Waals surface area contributed by atoms with Crippen molar-refractivity contribution in [2.45, 2.75) is 33.6 Å². The second kappa shape index (κ2) is 6.09. The van der Waals surface area contributed by atoms with E-state index in [-0.39, 0.29) is 0 Å². The largest absolute Gasteiger partial charge is 0.397 e. The van der Waals surface area contributed by atoms with Crippen molar-refractivity contribution in [1.29, 1.82) is 0 Å². The molecule has 1 aromatic rings. The fourth-order valence-electron chi connectivity index (χ4n) is 1.56. The van der Waals surface area contributed by atoms with Gasteiger partial charge in [-0.15, -0.1) is 0 Å². The Kier molecular flexibility index (Phi) is 5.06. The van der Waals surface area contributed by atoms with Gasteiger partial charge in [0, 0.05) is 13.1 Å². The van der Waals surface area contributed by atoms with E-state index in [1.165, 1.54) is 12.8 Å². The van der Waals surface area contributed by atoms with Crippen LogP contribution in [0.15, 0.2) is 10.7 Å². The van der Waals surface area contributed by atoms with Crippen molar-refractivity contribution in [2.24, 2.45) is 0 Å². The smallest absolute Gasteiger partial charge is 0.143 e. The summed E-state index contributed by atoms with van der Waals surface area (Å²) in [7, 11) is 0. The van der Waals surface area contributed by atoms with Crippen molar-refractivity contribution in [2.75, 3.05) is 23.7 Å². The zero-order valence-electron chi connectivity index (χ0n) is 10.3. The molecule has 0 spiro atoms. The number of pyridine rings is 1. The number of nitrogens with zero attached hydrogens (tertiary/aromatic N) is 2. The third kappa shape index (κ3) is 2.88. The quantitative estimate of drug-likeness (QED) is 0.902. The lowest BCUT2D eigenvalue weighted by molar-refractivity contribution is 0.722. The minimum Gasteiger partial charge on any atom is -0.397 e. The normalized spacial score (nSPS) is 10.5. The van der Waals surface area contributed by atoms with E-state index in [1.54, 1.807) is 6.20 Å². The van der Waals surface area contributed by atoms with E-state index in [1.807, 2.05) is 6.92 Å². The van der Waals surface area contributed by atoms with Crippen LogP contribution in [0.5, 0.6) is 0 Å². The lowest BCUT2D eigenvalue weighted by atomic mass is 10.2. The molecule has 0 aliphatic rings. The standard InChI is InChI=1S/C12H20BrN3/c1-4-6-7-16(5-2)12-11(13)9(3)10(14)8-15-12/h8H,4-7,14H2,1-3H3. The molecular weight excluding hydrogens is 266 g/mol. The number of hydrogen-bond donors (Lipinski definition) is 1. The molecular formula is C12H20BrN3. The first-order valence-corrected chi connectivity index (χ1v) is 6.56. The SMILES string of the molecule is CCCCN(CC)c1ncc(N)c(C)c1Br. The second-order valence-electron chi connectivity index (χ2n) is 3.91. The van der Waals surface area contributed by atoms with E-state index in [0.29, 0.717) is 0 Å². The highest BCUT2D eigenvalue weighted by molar-refractivity contribution is 9.10. The first-order valence-electron chi connectivity index (χ1n) is 5.77. The van der Waals surface area contributed by atoms with Crippen LogP contribution in [-0.2, 0) is 0 Å². The van der Waals surface area contributed by atoms with Gasteiger partial charge in [-0.05, 0) is 41.8 Å². The van der Waals surface area contributed by atoms with E-state index in [9.17, 15) is 0 Å². The number of hydrogen-bond acceptors (Lipinski definition) is 3. The summed E-state index contributed by atoms with van der Waals surface area (Å²) in [4.78, 5) is 6.69. The number of nitrogen functional groups attached to an aromatic ring is 1. The van der Waals surface area contributed by atoms with Crippen molar-refractivity contribution in [3.8, 4) is 0 Å². The molecule has 0 aliphatic carbocycles. The molecule has 0 atom stereocenters. The predicted molar refractivity (Wildman–Crippen MR) is 73.9 cm³/mol. The molecule has 3 nitrogen and oxygen atoms in total. The summed E-state index contributed by atoms with van der Waals surface area (Å²) in [5.41, 5.74) is 7.63. The minimum absolute atomic E-state index is 0.738. The summed E-state index contributed by atoms with van der Waals surface area (Å²) in [6, 6.07) is 0. The molecule has 0 radical (unpaired) electrons. The Labute approximate surface area is 106 Å².